The Kier molecular flexibility index (Phi) is 3.87. The normalized spacial score (nSPS) is 17.3. The van der Waals surface area contributed by atoms with E-state index in [1.54, 1.807) is 10.9 Å². The molecule has 1 aromatic rings. The first kappa shape index (κ1) is 13.6. The summed E-state index contributed by atoms with van der Waals surface area (Å²) in [5.74, 6) is -1.06. The number of aryl methyl sites for hydroxylation is 1. The van der Waals surface area contributed by atoms with Gasteiger partial charge >= 0.3 is 5.97 Å². The number of rotatable bonds is 5. The van der Waals surface area contributed by atoms with E-state index in [1.165, 1.54) is 0 Å². The van der Waals surface area contributed by atoms with E-state index >= 15 is 0 Å². The number of carbonyl (C=O) groups is 2. The van der Waals surface area contributed by atoms with Gasteiger partial charge in [0.25, 0.3) is 0 Å². The molecule has 6 heteroatoms. The zero-order valence-electron chi connectivity index (χ0n) is 11.1. The van der Waals surface area contributed by atoms with Crippen LogP contribution in [-0.4, -0.2) is 26.8 Å². The third-order valence-corrected chi connectivity index (χ3v) is 3.75. The maximum atomic E-state index is 11.9. The zero-order chi connectivity index (χ0) is 13.9. The first-order valence-electron chi connectivity index (χ1n) is 6.50. The standard InChI is InChI=1S/C13H19N3O3/c1-16-7-4-10(15-16)9-14-11(17)8-13(12(18)19)5-2-3-6-13/h4,7H,2-3,5-6,8-9H2,1H3,(H,14,17)(H,18,19). The first-order valence-corrected chi connectivity index (χ1v) is 6.50. The van der Waals surface area contributed by atoms with Gasteiger partial charge in [0.1, 0.15) is 0 Å². The van der Waals surface area contributed by atoms with Crippen molar-refractivity contribution in [1.29, 1.82) is 0 Å². The van der Waals surface area contributed by atoms with E-state index in [9.17, 15) is 14.7 Å². The molecular formula is C13H19N3O3. The summed E-state index contributed by atoms with van der Waals surface area (Å²) in [6, 6.07) is 1.82. The third kappa shape index (κ3) is 3.13. The van der Waals surface area contributed by atoms with Gasteiger partial charge in [0, 0.05) is 19.7 Å². The van der Waals surface area contributed by atoms with E-state index in [2.05, 4.69) is 10.4 Å². The Hall–Kier alpha value is -1.85. The first-order chi connectivity index (χ1) is 9.02. The number of amides is 1. The van der Waals surface area contributed by atoms with E-state index in [0.717, 1.165) is 18.5 Å². The summed E-state index contributed by atoms with van der Waals surface area (Å²) in [6.45, 7) is 0.343. The van der Waals surface area contributed by atoms with E-state index < -0.39 is 11.4 Å². The Bertz CT molecular complexity index is 475. The number of nitrogens with zero attached hydrogens (tertiary/aromatic N) is 2. The quantitative estimate of drug-likeness (QED) is 0.834. The molecule has 2 rings (SSSR count). The molecule has 0 saturated heterocycles. The molecule has 2 N–H and O–H groups in total. The van der Waals surface area contributed by atoms with Gasteiger partial charge in [0.2, 0.25) is 5.91 Å². The lowest BCUT2D eigenvalue weighted by Crippen LogP contribution is -2.35. The fourth-order valence-corrected chi connectivity index (χ4v) is 2.63. The van der Waals surface area contributed by atoms with Crippen molar-refractivity contribution >= 4 is 11.9 Å². The number of hydrogen-bond acceptors (Lipinski definition) is 3. The van der Waals surface area contributed by atoms with E-state index in [4.69, 9.17) is 0 Å². The molecule has 0 unspecified atom stereocenters. The van der Waals surface area contributed by atoms with Crippen LogP contribution in [0.2, 0.25) is 0 Å². The molecule has 0 spiro atoms. The van der Waals surface area contributed by atoms with Gasteiger partial charge in [-0.05, 0) is 18.9 Å². The maximum Gasteiger partial charge on any atom is 0.310 e. The van der Waals surface area contributed by atoms with Crippen LogP contribution in [0.25, 0.3) is 0 Å². The van der Waals surface area contributed by atoms with E-state index in [-0.39, 0.29) is 12.3 Å². The van der Waals surface area contributed by atoms with Crippen LogP contribution in [0.1, 0.15) is 37.8 Å². The van der Waals surface area contributed by atoms with Crippen molar-refractivity contribution in [3.05, 3.63) is 18.0 Å². The van der Waals surface area contributed by atoms with Crippen LogP contribution in [-0.2, 0) is 23.2 Å². The maximum absolute atomic E-state index is 11.9. The molecule has 0 aromatic carbocycles. The van der Waals surface area contributed by atoms with Gasteiger partial charge in [-0.2, -0.15) is 5.10 Å². The summed E-state index contributed by atoms with van der Waals surface area (Å²) in [5.41, 5.74) is -0.0829. The summed E-state index contributed by atoms with van der Waals surface area (Å²) >= 11 is 0. The molecule has 1 aliphatic carbocycles. The van der Waals surface area contributed by atoms with Crippen LogP contribution in [0.5, 0.6) is 0 Å². The highest BCUT2D eigenvalue weighted by Gasteiger charge is 2.42. The molecule has 1 saturated carbocycles. The van der Waals surface area contributed by atoms with Crippen molar-refractivity contribution in [2.45, 2.75) is 38.6 Å². The minimum Gasteiger partial charge on any atom is -0.481 e. The predicted molar refractivity (Wildman–Crippen MR) is 68.2 cm³/mol. The fraction of sp³-hybridized carbons (Fsp3) is 0.615. The van der Waals surface area contributed by atoms with Gasteiger partial charge in [0.15, 0.2) is 0 Å². The molecule has 0 bridgehead atoms. The lowest BCUT2D eigenvalue weighted by atomic mass is 9.82. The number of aliphatic carboxylic acids is 1. The van der Waals surface area contributed by atoms with Gasteiger partial charge in [-0.15, -0.1) is 0 Å². The molecule has 1 amide bonds. The van der Waals surface area contributed by atoms with Crippen molar-refractivity contribution < 1.29 is 14.7 Å². The van der Waals surface area contributed by atoms with Crippen molar-refractivity contribution in [1.82, 2.24) is 15.1 Å². The smallest absolute Gasteiger partial charge is 0.310 e. The lowest BCUT2D eigenvalue weighted by molar-refractivity contribution is -0.151. The number of carboxylic acids is 1. The molecule has 1 fully saturated rings. The average Bonchev–Trinajstić information content (AvgIpc) is 2.97. The summed E-state index contributed by atoms with van der Waals surface area (Å²) in [5, 5.41) is 16.2. The van der Waals surface area contributed by atoms with Gasteiger partial charge in [-0.3, -0.25) is 14.3 Å². The second-order valence-corrected chi connectivity index (χ2v) is 5.23. The molecule has 0 aliphatic heterocycles. The molecule has 104 valence electrons. The predicted octanol–water partition coefficient (Wildman–Crippen LogP) is 1.07. The summed E-state index contributed by atoms with van der Waals surface area (Å²) in [7, 11) is 1.81. The molecule has 6 nitrogen and oxygen atoms in total. The number of aromatic nitrogens is 2. The summed E-state index contributed by atoms with van der Waals surface area (Å²) in [6.07, 6.45) is 4.84. The minimum atomic E-state index is -0.853. The topological polar surface area (TPSA) is 84.2 Å². The highest BCUT2D eigenvalue weighted by atomic mass is 16.4. The number of carboxylic acid groups (broad SMARTS) is 1. The van der Waals surface area contributed by atoms with Crippen molar-refractivity contribution in [3.63, 3.8) is 0 Å². The minimum absolute atomic E-state index is 0.0646. The van der Waals surface area contributed by atoms with Crippen LogP contribution >= 0.6 is 0 Å². The van der Waals surface area contributed by atoms with Crippen molar-refractivity contribution in [2.24, 2.45) is 12.5 Å². The molecule has 0 atom stereocenters. The fourth-order valence-electron chi connectivity index (χ4n) is 2.63. The highest BCUT2D eigenvalue weighted by Crippen LogP contribution is 2.41. The number of hydrogen-bond donors (Lipinski definition) is 2. The van der Waals surface area contributed by atoms with Gasteiger partial charge in [-0.25, -0.2) is 0 Å². The average molecular weight is 265 g/mol. The number of nitrogens with one attached hydrogen (secondary N) is 1. The molecule has 1 aromatic heterocycles. The Balaban J connectivity index is 1.88. The van der Waals surface area contributed by atoms with Crippen molar-refractivity contribution in [2.75, 3.05) is 0 Å². The lowest BCUT2D eigenvalue weighted by Gasteiger charge is -2.22. The van der Waals surface area contributed by atoms with E-state index in [0.29, 0.717) is 19.4 Å². The van der Waals surface area contributed by atoms with Crippen LogP contribution < -0.4 is 5.32 Å². The molecular weight excluding hydrogens is 246 g/mol. The zero-order valence-corrected chi connectivity index (χ0v) is 11.1. The second-order valence-electron chi connectivity index (χ2n) is 5.23. The Labute approximate surface area is 111 Å². The molecule has 0 radical (unpaired) electrons. The van der Waals surface area contributed by atoms with Crippen LogP contribution in [0.3, 0.4) is 0 Å². The Morgan fingerprint density at radius 2 is 2.16 bits per heavy atom. The van der Waals surface area contributed by atoms with Gasteiger partial charge < -0.3 is 10.4 Å². The molecule has 19 heavy (non-hydrogen) atoms. The number of carbonyl (C=O) groups excluding carboxylic acids is 1. The second kappa shape index (κ2) is 5.42. The van der Waals surface area contributed by atoms with Crippen molar-refractivity contribution in [3.8, 4) is 0 Å². The third-order valence-electron chi connectivity index (χ3n) is 3.75. The highest BCUT2D eigenvalue weighted by molar-refractivity contribution is 5.85. The molecule has 1 heterocycles. The van der Waals surface area contributed by atoms with Crippen LogP contribution in [0, 0.1) is 5.41 Å². The van der Waals surface area contributed by atoms with Crippen LogP contribution in [0.15, 0.2) is 12.3 Å². The monoisotopic (exact) mass is 265 g/mol. The van der Waals surface area contributed by atoms with Crippen LogP contribution in [0.4, 0.5) is 0 Å². The summed E-state index contributed by atoms with van der Waals surface area (Å²) < 4.78 is 1.66. The SMILES string of the molecule is Cn1ccc(CNC(=O)CC2(C(=O)O)CCCC2)n1. The van der Waals surface area contributed by atoms with Gasteiger partial charge in [0.05, 0.1) is 17.7 Å². The Morgan fingerprint density at radius 3 is 2.68 bits per heavy atom. The molecule has 1 aliphatic rings. The largest absolute Gasteiger partial charge is 0.481 e. The summed E-state index contributed by atoms with van der Waals surface area (Å²) in [4.78, 5) is 23.2. The van der Waals surface area contributed by atoms with E-state index in [1.807, 2.05) is 13.1 Å². The Morgan fingerprint density at radius 1 is 1.47 bits per heavy atom. The van der Waals surface area contributed by atoms with Gasteiger partial charge in [-0.1, -0.05) is 12.8 Å².